The van der Waals surface area contributed by atoms with Crippen molar-refractivity contribution >= 4 is 0 Å². The SMILES string of the molecule is CC1CN(N)CCN1C. The highest BCUT2D eigenvalue weighted by Crippen LogP contribution is 2.01. The zero-order chi connectivity index (χ0) is 6.85. The molecule has 0 aromatic rings. The predicted octanol–water partition coefficient (Wildman–Crippen LogP) is -0.504. The van der Waals surface area contributed by atoms with Crippen LogP contribution in [0, 0.1) is 0 Å². The first-order valence-corrected chi connectivity index (χ1v) is 3.40. The average Bonchev–Trinajstić information content (AvgIpc) is 1.80. The van der Waals surface area contributed by atoms with Crippen LogP contribution in [0.5, 0.6) is 0 Å². The van der Waals surface area contributed by atoms with Crippen molar-refractivity contribution in [1.82, 2.24) is 9.91 Å². The summed E-state index contributed by atoms with van der Waals surface area (Å²) in [6.45, 7) is 5.29. The molecule has 1 rings (SSSR count). The Labute approximate surface area is 56.4 Å². The highest BCUT2D eigenvalue weighted by molar-refractivity contribution is 4.72. The lowest BCUT2D eigenvalue weighted by Crippen LogP contribution is -2.52. The van der Waals surface area contributed by atoms with E-state index in [4.69, 9.17) is 5.84 Å². The molecule has 1 unspecified atom stereocenters. The van der Waals surface area contributed by atoms with Gasteiger partial charge in [-0.3, -0.25) is 5.84 Å². The molecule has 3 nitrogen and oxygen atoms in total. The molecule has 2 N–H and O–H groups in total. The van der Waals surface area contributed by atoms with Gasteiger partial charge in [0.15, 0.2) is 0 Å². The number of nitrogens with zero attached hydrogens (tertiary/aromatic N) is 2. The molecular formula is C6H15N3. The highest BCUT2D eigenvalue weighted by atomic mass is 15.4. The standard InChI is InChI=1S/C6H15N3/c1-6-5-9(7)4-3-8(6)2/h6H,3-5,7H2,1-2H3. The summed E-state index contributed by atoms with van der Waals surface area (Å²) in [4.78, 5) is 2.32. The van der Waals surface area contributed by atoms with Crippen LogP contribution in [0.4, 0.5) is 0 Å². The third kappa shape index (κ3) is 1.64. The monoisotopic (exact) mass is 129 g/mol. The van der Waals surface area contributed by atoms with Gasteiger partial charge in [-0.2, -0.15) is 0 Å². The summed E-state index contributed by atoms with van der Waals surface area (Å²) >= 11 is 0. The molecule has 1 atom stereocenters. The molecule has 0 saturated carbocycles. The molecule has 1 aliphatic rings. The summed E-state index contributed by atoms with van der Waals surface area (Å²) < 4.78 is 0. The van der Waals surface area contributed by atoms with Crippen LogP contribution < -0.4 is 5.84 Å². The minimum atomic E-state index is 0.615. The van der Waals surface area contributed by atoms with Crippen molar-refractivity contribution in [2.45, 2.75) is 13.0 Å². The lowest BCUT2D eigenvalue weighted by molar-refractivity contribution is 0.106. The topological polar surface area (TPSA) is 32.5 Å². The zero-order valence-corrected chi connectivity index (χ0v) is 6.17. The maximum absolute atomic E-state index is 5.59. The van der Waals surface area contributed by atoms with Crippen molar-refractivity contribution in [1.29, 1.82) is 0 Å². The molecule has 0 radical (unpaired) electrons. The third-order valence-electron chi connectivity index (χ3n) is 1.99. The van der Waals surface area contributed by atoms with Gasteiger partial charge in [-0.05, 0) is 14.0 Å². The Morgan fingerprint density at radius 2 is 2.11 bits per heavy atom. The summed E-state index contributed by atoms with van der Waals surface area (Å²) in [6, 6.07) is 0.615. The van der Waals surface area contributed by atoms with E-state index in [1.165, 1.54) is 0 Å². The van der Waals surface area contributed by atoms with E-state index in [9.17, 15) is 0 Å². The second-order valence-electron chi connectivity index (χ2n) is 2.82. The number of hydrazine groups is 1. The number of likely N-dealkylation sites (N-methyl/N-ethyl adjacent to an activating group) is 1. The van der Waals surface area contributed by atoms with E-state index in [1.54, 1.807) is 0 Å². The van der Waals surface area contributed by atoms with E-state index in [0.717, 1.165) is 19.6 Å². The summed E-state index contributed by atoms with van der Waals surface area (Å²) in [5.41, 5.74) is 0. The Morgan fingerprint density at radius 3 is 2.56 bits per heavy atom. The molecular weight excluding hydrogens is 114 g/mol. The minimum absolute atomic E-state index is 0.615. The maximum Gasteiger partial charge on any atom is 0.0282 e. The molecule has 0 spiro atoms. The Kier molecular flexibility index (Phi) is 2.05. The van der Waals surface area contributed by atoms with Crippen molar-refractivity contribution in [2.24, 2.45) is 5.84 Å². The smallest absolute Gasteiger partial charge is 0.0282 e. The lowest BCUT2D eigenvalue weighted by atomic mass is 10.2. The molecule has 1 fully saturated rings. The van der Waals surface area contributed by atoms with Gasteiger partial charge in [0.2, 0.25) is 0 Å². The van der Waals surface area contributed by atoms with Gasteiger partial charge >= 0.3 is 0 Å². The van der Waals surface area contributed by atoms with E-state index in [1.807, 2.05) is 5.01 Å². The fourth-order valence-corrected chi connectivity index (χ4v) is 1.08. The molecule has 54 valence electrons. The zero-order valence-electron chi connectivity index (χ0n) is 6.17. The molecule has 1 heterocycles. The van der Waals surface area contributed by atoms with Crippen LogP contribution >= 0.6 is 0 Å². The number of hydrogen-bond donors (Lipinski definition) is 1. The fourth-order valence-electron chi connectivity index (χ4n) is 1.08. The van der Waals surface area contributed by atoms with Crippen molar-refractivity contribution in [2.75, 3.05) is 26.7 Å². The van der Waals surface area contributed by atoms with Gasteiger partial charge in [-0.1, -0.05) is 0 Å². The molecule has 0 aliphatic carbocycles. The summed E-state index contributed by atoms with van der Waals surface area (Å²) in [5, 5.41) is 1.88. The van der Waals surface area contributed by atoms with Crippen molar-refractivity contribution in [3.63, 3.8) is 0 Å². The largest absolute Gasteiger partial charge is 0.301 e. The van der Waals surface area contributed by atoms with Crippen LogP contribution in [0.25, 0.3) is 0 Å². The van der Waals surface area contributed by atoms with Crippen LogP contribution in [-0.2, 0) is 0 Å². The van der Waals surface area contributed by atoms with Crippen LogP contribution in [0.1, 0.15) is 6.92 Å². The van der Waals surface area contributed by atoms with E-state index in [-0.39, 0.29) is 0 Å². The normalized spacial score (nSPS) is 33.0. The second-order valence-corrected chi connectivity index (χ2v) is 2.82. The van der Waals surface area contributed by atoms with Gasteiger partial charge in [0, 0.05) is 25.7 Å². The summed E-state index contributed by atoms with van der Waals surface area (Å²) in [5.74, 6) is 5.59. The number of piperazine rings is 1. The van der Waals surface area contributed by atoms with E-state index >= 15 is 0 Å². The lowest BCUT2D eigenvalue weighted by Gasteiger charge is -2.34. The van der Waals surface area contributed by atoms with E-state index < -0.39 is 0 Å². The molecule has 0 aromatic carbocycles. The van der Waals surface area contributed by atoms with Gasteiger partial charge < -0.3 is 4.90 Å². The summed E-state index contributed by atoms with van der Waals surface area (Å²) in [7, 11) is 2.14. The quantitative estimate of drug-likeness (QED) is 0.447. The first-order chi connectivity index (χ1) is 4.20. The predicted molar refractivity (Wildman–Crippen MR) is 37.9 cm³/mol. The van der Waals surface area contributed by atoms with Gasteiger partial charge in [0.1, 0.15) is 0 Å². The third-order valence-corrected chi connectivity index (χ3v) is 1.99. The Bertz CT molecular complexity index is 94.3. The molecule has 0 bridgehead atoms. The molecule has 9 heavy (non-hydrogen) atoms. The number of rotatable bonds is 0. The van der Waals surface area contributed by atoms with E-state index in [0.29, 0.717) is 6.04 Å². The first kappa shape index (κ1) is 6.99. The Balaban J connectivity index is 2.35. The molecule has 0 amide bonds. The molecule has 0 aromatic heterocycles. The summed E-state index contributed by atoms with van der Waals surface area (Å²) in [6.07, 6.45) is 0. The van der Waals surface area contributed by atoms with Gasteiger partial charge in [0.05, 0.1) is 0 Å². The van der Waals surface area contributed by atoms with Crippen molar-refractivity contribution in [3.05, 3.63) is 0 Å². The van der Waals surface area contributed by atoms with Crippen molar-refractivity contribution in [3.8, 4) is 0 Å². The average molecular weight is 129 g/mol. The molecule has 1 aliphatic heterocycles. The Morgan fingerprint density at radius 1 is 1.44 bits per heavy atom. The molecule has 3 heteroatoms. The highest BCUT2D eigenvalue weighted by Gasteiger charge is 2.17. The minimum Gasteiger partial charge on any atom is -0.301 e. The van der Waals surface area contributed by atoms with Crippen LogP contribution in [0.3, 0.4) is 0 Å². The Hall–Kier alpha value is -0.120. The van der Waals surface area contributed by atoms with Gasteiger partial charge in [-0.15, -0.1) is 0 Å². The second kappa shape index (κ2) is 2.64. The van der Waals surface area contributed by atoms with Crippen molar-refractivity contribution < 1.29 is 0 Å². The van der Waals surface area contributed by atoms with E-state index in [2.05, 4.69) is 18.9 Å². The van der Waals surface area contributed by atoms with Gasteiger partial charge in [0.25, 0.3) is 0 Å². The maximum atomic E-state index is 5.59. The van der Waals surface area contributed by atoms with Gasteiger partial charge in [-0.25, -0.2) is 5.01 Å². The molecule has 1 saturated heterocycles. The number of nitrogens with two attached hydrogens (primary N) is 1. The van der Waals surface area contributed by atoms with Crippen LogP contribution in [0.15, 0.2) is 0 Å². The van der Waals surface area contributed by atoms with Crippen LogP contribution in [-0.4, -0.2) is 42.6 Å². The first-order valence-electron chi connectivity index (χ1n) is 3.40. The fraction of sp³-hybridized carbons (Fsp3) is 1.00. The number of hydrogen-bond acceptors (Lipinski definition) is 3. The van der Waals surface area contributed by atoms with Crippen LogP contribution in [0.2, 0.25) is 0 Å².